The summed E-state index contributed by atoms with van der Waals surface area (Å²) in [5.41, 5.74) is 0.575. The van der Waals surface area contributed by atoms with Crippen LogP contribution in [0.4, 0.5) is 0 Å². The average Bonchev–Trinajstić information content (AvgIpc) is 2.31. The number of aromatic nitrogens is 1. The molecule has 2 aromatic rings. The van der Waals surface area contributed by atoms with Gasteiger partial charge < -0.3 is 4.74 Å². The molecule has 80 valence electrons. The number of pyridine rings is 1. The van der Waals surface area contributed by atoms with Crippen molar-refractivity contribution in [1.29, 1.82) is 0 Å². The van der Waals surface area contributed by atoms with Crippen LogP contribution in [-0.4, -0.2) is 10.8 Å². The Morgan fingerprint density at radius 3 is 2.69 bits per heavy atom. The fourth-order valence-corrected chi connectivity index (χ4v) is 1.38. The first-order valence-electron chi connectivity index (χ1n) is 4.95. The summed E-state index contributed by atoms with van der Waals surface area (Å²) < 4.78 is 5.59. The Morgan fingerprint density at radius 2 is 2.00 bits per heavy atom. The minimum absolute atomic E-state index is 0.0144. The van der Waals surface area contributed by atoms with Crippen molar-refractivity contribution in [3.8, 4) is 11.5 Å². The second kappa shape index (κ2) is 4.57. The lowest BCUT2D eigenvalue weighted by atomic mass is 10.1. The highest BCUT2D eigenvalue weighted by Crippen LogP contribution is 2.24. The first-order chi connectivity index (χ1) is 7.77. The van der Waals surface area contributed by atoms with E-state index in [0.717, 1.165) is 0 Å². The predicted octanol–water partition coefficient (Wildman–Crippen LogP) is 3.08. The molecular formula is C13H11NO2. The molecule has 0 unspecified atom stereocenters. The first kappa shape index (κ1) is 10.4. The van der Waals surface area contributed by atoms with E-state index in [1.165, 1.54) is 6.92 Å². The molecule has 0 N–H and O–H groups in total. The van der Waals surface area contributed by atoms with Crippen LogP contribution < -0.4 is 4.74 Å². The summed E-state index contributed by atoms with van der Waals surface area (Å²) in [5, 5.41) is 0. The van der Waals surface area contributed by atoms with Gasteiger partial charge in [0.05, 0.1) is 11.8 Å². The van der Waals surface area contributed by atoms with E-state index in [1.54, 1.807) is 36.7 Å². The number of hydrogen-bond donors (Lipinski definition) is 0. The standard InChI is InChI=1S/C13H11NO2/c1-10(15)12-6-2-3-7-13(12)16-11-5-4-8-14-9-11/h2-9H,1H3. The topological polar surface area (TPSA) is 39.2 Å². The summed E-state index contributed by atoms with van der Waals surface area (Å²) in [6.07, 6.45) is 3.28. The molecule has 1 heterocycles. The summed E-state index contributed by atoms with van der Waals surface area (Å²) in [4.78, 5) is 15.3. The molecule has 1 aromatic carbocycles. The Hall–Kier alpha value is -2.16. The Bertz CT molecular complexity index is 494. The number of hydrogen-bond acceptors (Lipinski definition) is 3. The van der Waals surface area contributed by atoms with Gasteiger partial charge >= 0.3 is 0 Å². The molecule has 0 spiro atoms. The van der Waals surface area contributed by atoms with E-state index in [-0.39, 0.29) is 5.78 Å². The van der Waals surface area contributed by atoms with Gasteiger partial charge in [-0.15, -0.1) is 0 Å². The zero-order valence-electron chi connectivity index (χ0n) is 8.88. The number of rotatable bonds is 3. The van der Waals surface area contributed by atoms with Crippen LogP contribution in [0.25, 0.3) is 0 Å². The van der Waals surface area contributed by atoms with Gasteiger partial charge in [0.15, 0.2) is 5.78 Å². The van der Waals surface area contributed by atoms with Crippen LogP contribution in [0.5, 0.6) is 11.5 Å². The van der Waals surface area contributed by atoms with Crippen LogP contribution >= 0.6 is 0 Å². The van der Waals surface area contributed by atoms with Gasteiger partial charge in [0.2, 0.25) is 0 Å². The molecule has 0 bridgehead atoms. The van der Waals surface area contributed by atoms with Crippen molar-refractivity contribution >= 4 is 5.78 Å². The van der Waals surface area contributed by atoms with Gasteiger partial charge in [0.25, 0.3) is 0 Å². The molecule has 0 saturated heterocycles. The molecule has 0 aliphatic rings. The van der Waals surface area contributed by atoms with E-state index < -0.39 is 0 Å². The number of nitrogens with zero attached hydrogens (tertiary/aromatic N) is 1. The monoisotopic (exact) mass is 213 g/mol. The normalized spacial score (nSPS) is 9.81. The summed E-state index contributed by atoms with van der Waals surface area (Å²) in [6, 6.07) is 10.7. The van der Waals surface area contributed by atoms with E-state index in [0.29, 0.717) is 17.1 Å². The van der Waals surface area contributed by atoms with Crippen molar-refractivity contribution in [2.24, 2.45) is 0 Å². The molecule has 0 atom stereocenters. The van der Waals surface area contributed by atoms with Gasteiger partial charge in [-0.25, -0.2) is 0 Å². The molecular weight excluding hydrogens is 202 g/mol. The summed E-state index contributed by atoms with van der Waals surface area (Å²) in [7, 11) is 0. The molecule has 0 aliphatic carbocycles. The molecule has 0 saturated carbocycles. The number of benzene rings is 1. The Morgan fingerprint density at radius 1 is 1.19 bits per heavy atom. The maximum absolute atomic E-state index is 11.4. The largest absolute Gasteiger partial charge is 0.455 e. The maximum atomic E-state index is 11.4. The zero-order chi connectivity index (χ0) is 11.4. The van der Waals surface area contributed by atoms with E-state index in [9.17, 15) is 4.79 Å². The third-order valence-electron chi connectivity index (χ3n) is 2.13. The lowest BCUT2D eigenvalue weighted by Gasteiger charge is -2.08. The minimum atomic E-state index is -0.0144. The van der Waals surface area contributed by atoms with Crippen molar-refractivity contribution < 1.29 is 9.53 Å². The van der Waals surface area contributed by atoms with Gasteiger partial charge in [-0.1, -0.05) is 12.1 Å². The van der Waals surface area contributed by atoms with Crippen molar-refractivity contribution in [3.63, 3.8) is 0 Å². The Kier molecular flexibility index (Phi) is 2.96. The third-order valence-corrected chi connectivity index (χ3v) is 2.13. The molecule has 0 fully saturated rings. The van der Waals surface area contributed by atoms with E-state index in [2.05, 4.69) is 4.98 Å². The molecule has 0 amide bonds. The molecule has 3 nitrogen and oxygen atoms in total. The lowest BCUT2D eigenvalue weighted by molar-refractivity contribution is 0.101. The number of carbonyl (C=O) groups is 1. The van der Waals surface area contributed by atoms with Gasteiger partial charge in [0, 0.05) is 6.20 Å². The smallest absolute Gasteiger partial charge is 0.163 e. The summed E-state index contributed by atoms with van der Waals surface area (Å²) >= 11 is 0. The molecule has 0 aliphatic heterocycles. The number of ketones is 1. The van der Waals surface area contributed by atoms with Crippen molar-refractivity contribution in [1.82, 2.24) is 4.98 Å². The number of carbonyl (C=O) groups excluding carboxylic acids is 1. The number of para-hydroxylation sites is 1. The molecule has 2 rings (SSSR count). The van der Waals surface area contributed by atoms with Crippen LogP contribution in [0, 0.1) is 0 Å². The maximum Gasteiger partial charge on any atom is 0.163 e. The zero-order valence-corrected chi connectivity index (χ0v) is 8.88. The van der Waals surface area contributed by atoms with Crippen LogP contribution in [0.3, 0.4) is 0 Å². The van der Waals surface area contributed by atoms with Crippen molar-refractivity contribution in [2.75, 3.05) is 0 Å². The highest BCUT2D eigenvalue weighted by molar-refractivity contribution is 5.96. The molecule has 0 radical (unpaired) electrons. The predicted molar refractivity (Wildman–Crippen MR) is 60.8 cm³/mol. The van der Waals surface area contributed by atoms with E-state index >= 15 is 0 Å². The quantitative estimate of drug-likeness (QED) is 0.735. The first-order valence-corrected chi connectivity index (χ1v) is 4.95. The minimum Gasteiger partial charge on any atom is -0.455 e. The number of Topliss-reactive ketones (excluding diaryl/α,β-unsaturated/α-hetero) is 1. The SMILES string of the molecule is CC(=O)c1ccccc1Oc1cccnc1. The molecule has 3 heteroatoms. The average molecular weight is 213 g/mol. The van der Waals surface area contributed by atoms with Gasteiger partial charge in [0.1, 0.15) is 11.5 Å². The van der Waals surface area contributed by atoms with Gasteiger partial charge in [-0.05, 0) is 31.2 Å². The Labute approximate surface area is 93.7 Å². The molecule has 1 aromatic heterocycles. The van der Waals surface area contributed by atoms with Crippen LogP contribution in [-0.2, 0) is 0 Å². The highest BCUT2D eigenvalue weighted by atomic mass is 16.5. The van der Waals surface area contributed by atoms with Crippen LogP contribution in [0.2, 0.25) is 0 Å². The summed E-state index contributed by atoms with van der Waals surface area (Å²) in [5.74, 6) is 1.17. The summed E-state index contributed by atoms with van der Waals surface area (Å²) in [6.45, 7) is 1.52. The fourth-order valence-electron chi connectivity index (χ4n) is 1.38. The van der Waals surface area contributed by atoms with Crippen LogP contribution in [0.1, 0.15) is 17.3 Å². The van der Waals surface area contributed by atoms with Crippen LogP contribution in [0.15, 0.2) is 48.8 Å². The Balaban J connectivity index is 2.31. The number of ether oxygens (including phenoxy) is 1. The highest BCUT2D eigenvalue weighted by Gasteiger charge is 2.07. The fraction of sp³-hybridized carbons (Fsp3) is 0.0769. The van der Waals surface area contributed by atoms with Gasteiger partial charge in [-0.3, -0.25) is 9.78 Å². The molecule has 16 heavy (non-hydrogen) atoms. The second-order valence-electron chi connectivity index (χ2n) is 3.34. The lowest BCUT2D eigenvalue weighted by Crippen LogP contribution is -1.96. The van der Waals surface area contributed by atoms with Gasteiger partial charge in [-0.2, -0.15) is 0 Å². The van der Waals surface area contributed by atoms with E-state index in [1.807, 2.05) is 12.1 Å². The second-order valence-corrected chi connectivity index (χ2v) is 3.34. The van der Waals surface area contributed by atoms with Crippen molar-refractivity contribution in [2.45, 2.75) is 6.92 Å². The van der Waals surface area contributed by atoms with Crippen molar-refractivity contribution in [3.05, 3.63) is 54.4 Å². The van der Waals surface area contributed by atoms with E-state index in [4.69, 9.17) is 4.74 Å². The third kappa shape index (κ3) is 2.25.